The molecule has 1 saturated carbocycles. The van der Waals surface area contributed by atoms with E-state index in [0.29, 0.717) is 13.0 Å². The summed E-state index contributed by atoms with van der Waals surface area (Å²) in [7, 11) is 0. The first-order chi connectivity index (χ1) is 13.4. The molecule has 0 radical (unpaired) electrons. The molecule has 0 spiro atoms. The number of carbonyl (C=O) groups excluding carboxylic acids is 3. The molecular formula is C18H25N5O5. The number of amides is 3. The smallest absolute Gasteiger partial charge is 0.325 e. The van der Waals surface area contributed by atoms with Crippen molar-refractivity contribution in [3.05, 3.63) is 32.6 Å². The van der Waals surface area contributed by atoms with Crippen LogP contribution in [0.15, 0.2) is 15.7 Å². The first-order valence-electron chi connectivity index (χ1n) is 9.59. The molecule has 10 heteroatoms. The predicted octanol–water partition coefficient (Wildman–Crippen LogP) is -1.47. The minimum Gasteiger partial charge on any atom is -0.355 e. The van der Waals surface area contributed by atoms with E-state index in [2.05, 4.69) is 20.9 Å². The molecule has 10 nitrogen and oxygen atoms in total. The van der Waals surface area contributed by atoms with Crippen LogP contribution in [0.2, 0.25) is 0 Å². The van der Waals surface area contributed by atoms with Crippen molar-refractivity contribution >= 4 is 17.7 Å². The average Bonchev–Trinajstić information content (AvgIpc) is 3.45. The van der Waals surface area contributed by atoms with Gasteiger partial charge < -0.3 is 20.9 Å². The molecule has 2 aliphatic rings. The third-order valence-electron chi connectivity index (χ3n) is 5.06. The Morgan fingerprint density at radius 1 is 1.11 bits per heavy atom. The van der Waals surface area contributed by atoms with Gasteiger partial charge in [0.05, 0.1) is 6.42 Å². The van der Waals surface area contributed by atoms with Gasteiger partial charge in [0.2, 0.25) is 17.7 Å². The zero-order chi connectivity index (χ0) is 20.1. The number of H-pyrrole nitrogens is 2. The average molecular weight is 391 g/mol. The van der Waals surface area contributed by atoms with Crippen LogP contribution in [0.4, 0.5) is 0 Å². The fraction of sp³-hybridized carbons (Fsp3) is 0.611. The lowest BCUT2D eigenvalue weighted by Crippen LogP contribution is -2.49. The highest BCUT2D eigenvalue weighted by atomic mass is 16.2. The maximum Gasteiger partial charge on any atom is 0.325 e. The number of carbonyl (C=O) groups is 3. The van der Waals surface area contributed by atoms with Crippen molar-refractivity contribution in [2.45, 2.75) is 44.6 Å². The lowest BCUT2D eigenvalue weighted by Gasteiger charge is -2.22. The van der Waals surface area contributed by atoms with Gasteiger partial charge in [0, 0.05) is 30.9 Å². The molecule has 1 aromatic rings. The second-order valence-corrected chi connectivity index (χ2v) is 7.39. The summed E-state index contributed by atoms with van der Waals surface area (Å²) in [4.78, 5) is 63.7. The van der Waals surface area contributed by atoms with Crippen LogP contribution in [0.5, 0.6) is 0 Å². The molecule has 1 aromatic heterocycles. The van der Waals surface area contributed by atoms with Crippen molar-refractivity contribution < 1.29 is 14.4 Å². The summed E-state index contributed by atoms with van der Waals surface area (Å²) in [5.74, 6) is -1.33. The van der Waals surface area contributed by atoms with Gasteiger partial charge in [-0.05, 0) is 31.6 Å². The molecule has 28 heavy (non-hydrogen) atoms. The van der Waals surface area contributed by atoms with Crippen molar-refractivity contribution in [3.63, 3.8) is 0 Å². The second kappa shape index (κ2) is 8.85. The van der Waals surface area contributed by atoms with Crippen LogP contribution < -0.4 is 27.2 Å². The zero-order valence-corrected chi connectivity index (χ0v) is 15.5. The van der Waals surface area contributed by atoms with Gasteiger partial charge in [0.25, 0.3) is 5.56 Å². The van der Waals surface area contributed by atoms with Crippen LogP contribution in [-0.4, -0.2) is 46.8 Å². The molecule has 2 atom stereocenters. The molecule has 0 aromatic carbocycles. The largest absolute Gasteiger partial charge is 0.355 e. The van der Waals surface area contributed by atoms with Crippen molar-refractivity contribution in [1.82, 2.24) is 25.9 Å². The van der Waals surface area contributed by atoms with E-state index in [4.69, 9.17) is 0 Å². The summed E-state index contributed by atoms with van der Waals surface area (Å²) in [6, 6.07) is 0.914. The summed E-state index contributed by atoms with van der Waals surface area (Å²) >= 11 is 0. The maximum absolute atomic E-state index is 12.6. The SMILES string of the molecule is O=C(Cc1cc(=O)[nH]c(=O)[nH]1)NCC(NC(=O)C1CCCCNC1=O)C1CC1. The minimum atomic E-state index is -0.694. The molecular weight excluding hydrogens is 366 g/mol. The number of aromatic amines is 2. The Bertz CT molecular complexity index is 828. The van der Waals surface area contributed by atoms with Crippen molar-refractivity contribution in [2.75, 3.05) is 13.1 Å². The molecule has 1 saturated heterocycles. The van der Waals surface area contributed by atoms with E-state index in [1.165, 1.54) is 0 Å². The van der Waals surface area contributed by atoms with Crippen molar-refractivity contribution in [2.24, 2.45) is 11.8 Å². The van der Waals surface area contributed by atoms with Crippen LogP contribution in [-0.2, 0) is 20.8 Å². The van der Waals surface area contributed by atoms with Crippen LogP contribution >= 0.6 is 0 Å². The summed E-state index contributed by atoms with van der Waals surface area (Å²) in [5.41, 5.74) is -1.02. The molecule has 5 N–H and O–H groups in total. The first-order valence-corrected chi connectivity index (χ1v) is 9.59. The van der Waals surface area contributed by atoms with Gasteiger partial charge in [-0.1, -0.05) is 6.42 Å². The number of rotatable bonds is 7. The molecule has 2 heterocycles. The standard InChI is InChI=1S/C18H25N5O5/c24-14(7-11-8-15(25)23-18(28)21-11)20-9-13(10-4-5-10)22-17(27)12-3-1-2-6-19-16(12)26/h8,10,12-13H,1-7,9H2,(H,19,26)(H,20,24)(H,22,27)(H2,21,23,25,28). The van der Waals surface area contributed by atoms with E-state index < -0.39 is 17.2 Å². The Balaban J connectivity index is 1.53. The topological polar surface area (TPSA) is 153 Å². The number of nitrogens with one attached hydrogen (secondary N) is 5. The summed E-state index contributed by atoms with van der Waals surface area (Å²) in [5, 5.41) is 8.41. The van der Waals surface area contributed by atoms with E-state index in [-0.39, 0.29) is 48.3 Å². The number of hydrogen-bond donors (Lipinski definition) is 5. The Hall–Kier alpha value is -2.91. The highest BCUT2D eigenvalue weighted by Gasteiger charge is 2.35. The van der Waals surface area contributed by atoms with E-state index in [1.807, 2.05) is 4.98 Å². The zero-order valence-electron chi connectivity index (χ0n) is 15.5. The number of hydrogen-bond acceptors (Lipinski definition) is 5. The maximum atomic E-state index is 12.6. The summed E-state index contributed by atoms with van der Waals surface area (Å²) < 4.78 is 0. The molecule has 3 amide bonds. The van der Waals surface area contributed by atoms with Gasteiger partial charge >= 0.3 is 5.69 Å². The lowest BCUT2D eigenvalue weighted by molar-refractivity contribution is -0.135. The van der Waals surface area contributed by atoms with Gasteiger partial charge in [0.15, 0.2) is 0 Å². The van der Waals surface area contributed by atoms with E-state index in [9.17, 15) is 24.0 Å². The van der Waals surface area contributed by atoms with E-state index >= 15 is 0 Å². The van der Waals surface area contributed by atoms with E-state index in [0.717, 1.165) is 31.7 Å². The molecule has 2 fully saturated rings. The Labute approximate surface area is 160 Å². The molecule has 1 aliphatic carbocycles. The highest BCUT2D eigenvalue weighted by Crippen LogP contribution is 2.32. The van der Waals surface area contributed by atoms with Gasteiger partial charge in [-0.2, -0.15) is 0 Å². The lowest BCUT2D eigenvalue weighted by atomic mass is 10.0. The summed E-state index contributed by atoms with van der Waals surface area (Å²) in [6.07, 6.45) is 3.98. The Kier molecular flexibility index (Phi) is 6.27. The third-order valence-corrected chi connectivity index (χ3v) is 5.06. The molecule has 0 bridgehead atoms. The monoisotopic (exact) mass is 391 g/mol. The molecule has 2 unspecified atom stereocenters. The highest BCUT2D eigenvalue weighted by molar-refractivity contribution is 6.00. The van der Waals surface area contributed by atoms with E-state index in [1.54, 1.807) is 0 Å². The molecule has 1 aliphatic heterocycles. The van der Waals surface area contributed by atoms with Gasteiger partial charge in [-0.3, -0.25) is 24.2 Å². The van der Waals surface area contributed by atoms with Crippen molar-refractivity contribution in [3.8, 4) is 0 Å². The van der Waals surface area contributed by atoms with Crippen molar-refractivity contribution in [1.29, 1.82) is 0 Å². The van der Waals surface area contributed by atoms with Gasteiger partial charge in [-0.15, -0.1) is 0 Å². The second-order valence-electron chi connectivity index (χ2n) is 7.39. The predicted molar refractivity (Wildman–Crippen MR) is 99.4 cm³/mol. The van der Waals surface area contributed by atoms with Crippen LogP contribution in [0.3, 0.4) is 0 Å². The van der Waals surface area contributed by atoms with Crippen LogP contribution in [0, 0.1) is 11.8 Å². The molecule has 152 valence electrons. The van der Waals surface area contributed by atoms with Crippen LogP contribution in [0.25, 0.3) is 0 Å². The minimum absolute atomic E-state index is 0.143. The fourth-order valence-corrected chi connectivity index (χ4v) is 3.38. The third kappa shape index (κ3) is 5.54. The van der Waals surface area contributed by atoms with Gasteiger partial charge in [0.1, 0.15) is 5.92 Å². The quantitative estimate of drug-likeness (QED) is 0.359. The number of aromatic nitrogens is 2. The summed E-state index contributed by atoms with van der Waals surface area (Å²) in [6.45, 7) is 0.826. The fourth-order valence-electron chi connectivity index (χ4n) is 3.38. The van der Waals surface area contributed by atoms with Crippen LogP contribution in [0.1, 0.15) is 37.8 Å². The normalized spacial score (nSPS) is 20.6. The van der Waals surface area contributed by atoms with Gasteiger partial charge in [-0.25, -0.2) is 4.79 Å². The molecule has 3 rings (SSSR count). The Morgan fingerprint density at radius 3 is 2.61 bits per heavy atom. The Morgan fingerprint density at radius 2 is 1.89 bits per heavy atom. The first kappa shape index (κ1) is 19.8.